The number of carbonyl (C=O) groups excluding carboxylic acids is 1. The molecule has 0 N–H and O–H groups in total. The number of benzene rings is 1. The van der Waals surface area contributed by atoms with E-state index in [4.69, 9.17) is 9.72 Å². The van der Waals surface area contributed by atoms with Crippen LogP contribution in [0.25, 0.3) is 22.4 Å². The second kappa shape index (κ2) is 7.33. The van der Waals surface area contributed by atoms with Crippen LogP contribution in [-0.4, -0.2) is 58.2 Å². The number of likely N-dealkylation sites (N-methyl/N-ethyl adjacent to an activating group) is 1. The minimum absolute atomic E-state index is 0.0214. The third kappa shape index (κ3) is 3.39. The minimum atomic E-state index is -0.0214. The molecule has 1 saturated heterocycles. The van der Waals surface area contributed by atoms with Crippen LogP contribution in [-0.2, 0) is 18.3 Å². The summed E-state index contributed by atoms with van der Waals surface area (Å²) in [7, 11) is 3.84. The maximum Gasteiger partial charge on any atom is 0.253 e. The number of fused-ring (bicyclic) bond motifs is 1. The van der Waals surface area contributed by atoms with E-state index in [9.17, 15) is 9.59 Å². The van der Waals surface area contributed by atoms with Gasteiger partial charge in [-0.2, -0.15) is 0 Å². The van der Waals surface area contributed by atoms with E-state index in [1.807, 2.05) is 25.3 Å². The van der Waals surface area contributed by atoms with E-state index in [1.165, 1.54) is 0 Å². The fraction of sp³-hybridized carbons (Fsp3) is 0.381. The molecule has 7 heteroatoms. The Hall–Kier alpha value is -2.77. The molecule has 1 fully saturated rings. The summed E-state index contributed by atoms with van der Waals surface area (Å²) >= 11 is 0. The predicted octanol–water partition coefficient (Wildman–Crippen LogP) is 1.85. The lowest BCUT2D eigenvalue weighted by Gasteiger charge is -2.30. The Labute approximate surface area is 163 Å². The van der Waals surface area contributed by atoms with Gasteiger partial charge in [-0.3, -0.25) is 9.59 Å². The summed E-state index contributed by atoms with van der Waals surface area (Å²) in [5.74, 6) is 0.772. The summed E-state index contributed by atoms with van der Waals surface area (Å²) in [5.41, 5.74) is 3.81. The third-order valence-electron chi connectivity index (χ3n) is 5.26. The van der Waals surface area contributed by atoms with E-state index < -0.39 is 0 Å². The van der Waals surface area contributed by atoms with Gasteiger partial charge in [-0.1, -0.05) is 0 Å². The molecule has 1 aromatic carbocycles. The number of aryl methyl sites for hydroxylation is 2. The zero-order valence-corrected chi connectivity index (χ0v) is 16.4. The van der Waals surface area contributed by atoms with Gasteiger partial charge in [0.2, 0.25) is 0 Å². The molecule has 1 atom stereocenters. The van der Waals surface area contributed by atoms with Gasteiger partial charge in [0.1, 0.15) is 12.1 Å². The monoisotopic (exact) mass is 380 g/mol. The van der Waals surface area contributed by atoms with E-state index in [0.29, 0.717) is 24.3 Å². The van der Waals surface area contributed by atoms with Gasteiger partial charge in [0.25, 0.3) is 5.56 Å². The van der Waals surface area contributed by atoms with Crippen molar-refractivity contribution in [1.29, 1.82) is 0 Å². The van der Waals surface area contributed by atoms with Crippen molar-refractivity contribution < 1.29 is 9.53 Å². The number of hydrogen-bond acceptors (Lipinski definition) is 5. The van der Waals surface area contributed by atoms with Crippen LogP contribution in [0, 0.1) is 6.92 Å². The summed E-state index contributed by atoms with van der Waals surface area (Å²) in [6, 6.07) is 7.40. The summed E-state index contributed by atoms with van der Waals surface area (Å²) in [6.07, 6.45) is 2.68. The Morgan fingerprint density at radius 2 is 2.11 bits per heavy atom. The number of rotatable bonds is 4. The van der Waals surface area contributed by atoms with Crippen molar-refractivity contribution in [3.63, 3.8) is 0 Å². The van der Waals surface area contributed by atoms with E-state index in [2.05, 4.69) is 16.5 Å². The first kappa shape index (κ1) is 18.6. The number of morpholine rings is 1. The average Bonchev–Trinajstić information content (AvgIpc) is 3.03. The molecule has 1 aliphatic rings. The molecule has 2 aromatic heterocycles. The van der Waals surface area contributed by atoms with Gasteiger partial charge >= 0.3 is 0 Å². The molecule has 0 spiro atoms. The summed E-state index contributed by atoms with van der Waals surface area (Å²) < 4.78 is 9.68. The summed E-state index contributed by atoms with van der Waals surface area (Å²) in [4.78, 5) is 30.4. The van der Waals surface area contributed by atoms with Crippen molar-refractivity contribution in [3.05, 3.63) is 51.9 Å². The number of carbonyl (C=O) groups is 1. The standard InChI is InChI=1S/C21H24N4O3/c1-14-8-16(10-24(3)21(14)27)20-22-18-9-15(13-26)4-5-19(18)25(20)12-17-11-23(2)6-7-28-17/h4-5,8-10,13,17H,6-7,11-12H2,1-3H3. The molecule has 0 aliphatic carbocycles. The molecule has 1 aliphatic heterocycles. The Morgan fingerprint density at radius 1 is 1.29 bits per heavy atom. The molecule has 0 radical (unpaired) electrons. The molecule has 0 amide bonds. The molecule has 1 unspecified atom stereocenters. The first-order valence-corrected chi connectivity index (χ1v) is 9.39. The van der Waals surface area contributed by atoms with Crippen molar-refractivity contribution in [1.82, 2.24) is 19.0 Å². The number of hydrogen-bond donors (Lipinski definition) is 0. The lowest BCUT2D eigenvalue weighted by molar-refractivity contribution is -0.0267. The molecular formula is C21H24N4O3. The van der Waals surface area contributed by atoms with Crippen LogP contribution < -0.4 is 5.56 Å². The molecule has 3 aromatic rings. The topological polar surface area (TPSA) is 69.4 Å². The number of aldehydes is 1. The highest BCUT2D eigenvalue weighted by atomic mass is 16.5. The van der Waals surface area contributed by atoms with Crippen molar-refractivity contribution in [3.8, 4) is 11.4 Å². The predicted molar refractivity (Wildman–Crippen MR) is 108 cm³/mol. The highest BCUT2D eigenvalue weighted by Crippen LogP contribution is 2.26. The smallest absolute Gasteiger partial charge is 0.253 e. The molecule has 146 valence electrons. The van der Waals surface area contributed by atoms with Crippen LogP contribution in [0.2, 0.25) is 0 Å². The van der Waals surface area contributed by atoms with E-state index in [0.717, 1.165) is 41.8 Å². The van der Waals surface area contributed by atoms with E-state index in [-0.39, 0.29) is 11.7 Å². The van der Waals surface area contributed by atoms with Gasteiger partial charge in [-0.25, -0.2) is 4.98 Å². The maximum atomic E-state index is 12.1. The highest BCUT2D eigenvalue weighted by Gasteiger charge is 2.22. The van der Waals surface area contributed by atoms with Crippen LogP contribution in [0.5, 0.6) is 0 Å². The average molecular weight is 380 g/mol. The van der Waals surface area contributed by atoms with Crippen molar-refractivity contribution in [2.75, 3.05) is 26.7 Å². The molecule has 0 saturated carbocycles. The van der Waals surface area contributed by atoms with Crippen LogP contribution in [0.1, 0.15) is 15.9 Å². The first-order chi connectivity index (χ1) is 13.5. The fourth-order valence-corrected chi connectivity index (χ4v) is 3.81. The van der Waals surface area contributed by atoms with Gasteiger partial charge in [-0.05, 0) is 38.2 Å². The number of ether oxygens (including phenoxy) is 1. The van der Waals surface area contributed by atoms with Gasteiger partial charge in [0, 0.05) is 43.0 Å². The van der Waals surface area contributed by atoms with Crippen LogP contribution in [0.15, 0.2) is 35.3 Å². The number of nitrogens with zero attached hydrogens (tertiary/aromatic N) is 4. The zero-order chi connectivity index (χ0) is 19.8. The molecule has 0 bridgehead atoms. The minimum Gasteiger partial charge on any atom is -0.374 e. The Kier molecular flexibility index (Phi) is 4.87. The SMILES string of the molecule is Cc1cc(-c2nc3cc(C=O)ccc3n2CC2CN(C)CCO2)cn(C)c1=O. The highest BCUT2D eigenvalue weighted by molar-refractivity contribution is 5.87. The zero-order valence-electron chi connectivity index (χ0n) is 16.4. The van der Waals surface area contributed by atoms with Crippen molar-refractivity contribution >= 4 is 17.3 Å². The largest absolute Gasteiger partial charge is 0.374 e. The van der Waals surface area contributed by atoms with Gasteiger partial charge in [0.05, 0.1) is 30.3 Å². The Balaban J connectivity index is 1.86. The van der Waals surface area contributed by atoms with Gasteiger partial charge in [-0.15, -0.1) is 0 Å². The van der Waals surface area contributed by atoms with E-state index in [1.54, 1.807) is 23.7 Å². The molecule has 7 nitrogen and oxygen atoms in total. The van der Waals surface area contributed by atoms with Crippen LogP contribution in [0.4, 0.5) is 0 Å². The Bertz CT molecular complexity index is 1070. The third-order valence-corrected chi connectivity index (χ3v) is 5.26. The Morgan fingerprint density at radius 3 is 2.82 bits per heavy atom. The normalized spacial score (nSPS) is 17.9. The summed E-state index contributed by atoms with van der Waals surface area (Å²) in [6.45, 7) is 4.94. The lowest BCUT2D eigenvalue weighted by atomic mass is 10.2. The van der Waals surface area contributed by atoms with Crippen molar-refractivity contribution in [2.24, 2.45) is 7.05 Å². The fourth-order valence-electron chi connectivity index (χ4n) is 3.81. The molecule has 3 heterocycles. The van der Waals surface area contributed by atoms with E-state index >= 15 is 0 Å². The second-order valence-corrected chi connectivity index (χ2v) is 7.49. The lowest BCUT2D eigenvalue weighted by Crippen LogP contribution is -2.42. The molecular weight excluding hydrogens is 356 g/mol. The quantitative estimate of drug-likeness (QED) is 0.646. The second-order valence-electron chi connectivity index (χ2n) is 7.49. The molecule has 4 rings (SSSR count). The molecule has 28 heavy (non-hydrogen) atoms. The van der Waals surface area contributed by atoms with Crippen LogP contribution >= 0.6 is 0 Å². The maximum absolute atomic E-state index is 12.1. The van der Waals surface area contributed by atoms with Gasteiger partial charge < -0.3 is 18.8 Å². The number of pyridine rings is 1. The van der Waals surface area contributed by atoms with Gasteiger partial charge in [0.15, 0.2) is 0 Å². The number of aromatic nitrogens is 3. The summed E-state index contributed by atoms with van der Waals surface area (Å²) in [5, 5.41) is 0. The first-order valence-electron chi connectivity index (χ1n) is 9.39. The van der Waals surface area contributed by atoms with Crippen molar-refractivity contribution in [2.45, 2.75) is 19.6 Å². The van der Waals surface area contributed by atoms with Crippen LogP contribution in [0.3, 0.4) is 0 Å². The number of imidazole rings is 1.